The van der Waals surface area contributed by atoms with Crippen molar-refractivity contribution in [2.75, 3.05) is 23.3 Å². The SMILES string of the molecule is CC(C)N1C[C@@H]2C[C@H]1CN2c1nc(-c2ccnc(N[C@@H](C)c3cccc4ccccc34)c2)cc2ncnn12. The maximum absolute atomic E-state index is 5.15. The highest BCUT2D eigenvalue weighted by Gasteiger charge is 2.45. The summed E-state index contributed by atoms with van der Waals surface area (Å²) < 4.78 is 1.88. The molecule has 0 saturated carbocycles. The van der Waals surface area contributed by atoms with Gasteiger partial charge in [0.25, 0.3) is 0 Å². The number of benzene rings is 2. The van der Waals surface area contributed by atoms with Gasteiger partial charge in [-0.05, 0) is 55.7 Å². The van der Waals surface area contributed by atoms with Crippen LogP contribution in [-0.2, 0) is 0 Å². The molecule has 5 aromatic rings. The summed E-state index contributed by atoms with van der Waals surface area (Å²) in [5.41, 5.74) is 3.95. The lowest BCUT2D eigenvalue weighted by atomic mass is 9.99. The third kappa shape index (κ3) is 3.87. The third-order valence-corrected chi connectivity index (χ3v) is 8.16. The minimum absolute atomic E-state index is 0.0930. The van der Waals surface area contributed by atoms with Crippen molar-refractivity contribution in [3.05, 3.63) is 78.8 Å². The molecule has 192 valence electrons. The van der Waals surface area contributed by atoms with Crippen LogP contribution >= 0.6 is 0 Å². The van der Waals surface area contributed by atoms with E-state index in [1.54, 1.807) is 6.33 Å². The van der Waals surface area contributed by atoms with Crippen molar-refractivity contribution in [1.82, 2.24) is 29.5 Å². The molecule has 3 aromatic heterocycles. The number of fused-ring (bicyclic) bond motifs is 4. The van der Waals surface area contributed by atoms with Gasteiger partial charge in [-0.3, -0.25) is 4.90 Å². The van der Waals surface area contributed by atoms with Crippen LogP contribution in [0.1, 0.15) is 38.8 Å². The molecule has 5 heterocycles. The Labute approximate surface area is 222 Å². The summed E-state index contributed by atoms with van der Waals surface area (Å²) >= 11 is 0. The van der Waals surface area contributed by atoms with Crippen molar-refractivity contribution in [3.8, 4) is 11.3 Å². The number of nitrogens with one attached hydrogen (secondary N) is 1. The molecule has 8 nitrogen and oxygen atoms in total. The summed E-state index contributed by atoms with van der Waals surface area (Å²) in [7, 11) is 0. The zero-order chi connectivity index (χ0) is 25.8. The van der Waals surface area contributed by atoms with E-state index in [2.05, 4.69) is 99.5 Å². The first-order valence-corrected chi connectivity index (χ1v) is 13.5. The molecule has 0 amide bonds. The van der Waals surface area contributed by atoms with Crippen molar-refractivity contribution in [2.24, 2.45) is 0 Å². The van der Waals surface area contributed by atoms with Gasteiger partial charge in [-0.1, -0.05) is 42.5 Å². The van der Waals surface area contributed by atoms with Gasteiger partial charge in [-0.15, -0.1) is 0 Å². The number of anilines is 2. The molecule has 3 atom stereocenters. The number of pyridine rings is 1. The van der Waals surface area contributed by atoms with E-state index < -0.39 is 0 Å². The van der Waals surface area contributed by atoms with Crippen LogP contribution in [-0.4, -0.2) is 60.7 Å². The number of piperazine rings is 1. The summed E-state index contributed by atoms with van der Waals surface area (Å²) in [6, 6.07) is 22.7. The van der Waals surface area contributed by atoms with Gasteiger partial charge in [0.05, 0.1) is 11.7 Å². The second kappa shape index (κ2) is 9.06. The molecule has 2 bridgehead atoms. The Morgan fingerprint density at radius 1 is 0.921 bits per heavy atom. The largest absolute Gasteiger partial charge is 0.364 e. The third-order valence-electron chi connectivity index (χ3n) is 8.16. The van der Waals surface area contributed by atoms with Crippen LogP contribution in [0, 0.1) is 0 Å². The fraction of sp³-hybridized carbons (Fsp3) is 0.333. The Bertz CT molecular complexity index is 1620. The molecule has 2 saturated heterocycles. The quantitative estimate of drug-likeness (QED) is 0.341. The topological polar surface area (TPSA) is 74.5 Å². The highest BCUT2D eigenvalue weighted by molar-refractivity contribution is 5.86. The summed E-state index contributed by atoms with van der Waals surface area (Å²) in [6.07, 6.45) is 4.64. The Balaban J connectivity index is 1.20. The predicted octanol–water partition coefficient (Wildman–Crippen LogP) is 5.18. The van der Waals surface area contributed by atoms with Crippen LogP contribution in [0.25, 0.3) is 27.7 Å². The predicted molar refractivity (Wildman–Crippen MR) is 151 cm³/mol. The van der Waals surface area contributed by atoms with E-state index in [1.165, 1.54) is 22.8 Å². The van der Waals surface area contributed by atoms with Gasteiger partial charge in [-0.2, -0.15) is 9.61 Å². The molecule has 0 unspecified atom stereocenters. The van der Waals surface area contributed by atoms with Crippen LogP contribution in [0.3, 0.4) is 0 Å². The maximum Gasteiger partial charge on any atom is 0.229 e. The van der Waals surface area contributed by atoms with Crippen LogP contribution < -0.4 is 10.2 Å². The lowest BCUT2D eigenvalue weighted by molar-refractivity contribution is 0.190. The van der Waals surface area contributed by atoms with Crippen molar-refractivity contribution in [3.63, 3.8) is 0 Å². The van der Waals surface area contributed by atoms with Gasteiger partial charge >= 0.3 is 0 Å². The van der Waals surface area contributed by atoms with Crippen molar-refractivity contribution in [1.29, 1.82) is 0 Å². The number of nitrogens with zero attached hydrogens (tertiary/aromatic N) is 7. The molecule has 2 aromatic carbocycles. The molecule has 1 N–H and O–H groups in total. The second-order valence-corrected chi connectivity index (χ2v) is 10.8. The molecule has 2 aliphatic rings. The Kier molecular flexibility index (Phi) is 5.51. The fourth-order valence-corrected chi connectivity index (χ4v) is 6.32. The number of aromatic nitrogens is 5. The summed E-state index contributed by atoms with van der Waals surface area (Å²) in [5.74, 6) is 1.70. The zero-order valence-electron chi connectivity index (χ0n) is 22.0. The van der Waals surface area contributed by atoms with Gasteiger partial charge in [0.2, 0.25) is 5.95 Å². The monoisotopic (exact) mass is 504 g/mol. The van der Waals surface area contributed by atoms with Gasteiger partial charge < -0.3 is 10.2 Å². The van der Waals surface area contributed by atoms with Gasteiger partial charge in [0.15, 0.2) is 5.65 Å². The van der Waals surface area contributed by atoms with Gasteiger partial charge in [0, 0.05) is 49.0 Å². The minimum Gasteiger partial charge on any atom is -0.364 e. The van der Waals surface area contributed by atoms with E-state index in [9.17, 15) is 0 Å². The van der Waals surface area contributed by atoms with E-state index in [0.29, 0.717) is 18.1 Å². The Hall–Kier alpha value is -4.04. The molecule has 0 radical (unpaired) electrons. The normalized spacial score (nSPS) is 20.2. The molecule has 38 heavy (non-hydrogen) atoms. The summed E-state index contributed by atoms with van der Waals surface area (Å²) in [6.45, 7) is 8.79. The summed E-state index contributed by atoms with van der Waals surface area (Å²) in [4.78, 5) is 19.3. The lowest BCUT2D eigenvalue weighted by Gasteiger charge is -2.36. The number of likely N-dealkylation sites (tertiary alicyclic amines) is 1. The molecular formula is C30H32N8. The molecule has 2 fully saturated rings. The van der Waals surface area contributed by atoms with E-state index in [-0.39, 0.29) is 6.04 Å². The number of hydrogen-bond donors (Lipinski definition) is 1. The first-order valence-electron chi connectivity index (χ1n) is 13.5. The summed E-state index contributed by atoms with van der Waals surface area (Å²) in [5, 5.41) is 10.6. The van der Waals surface area contributed by atoms with Crippen molar-refractivity contribution >= 4 is 28.2 Å². The number of rotatable bonds is 6. The van der Waals surface area contributed by atoms with Crippen molar-refractivity contribution < 1.29 is 0 Å². The first-order chi connectivity index (χ1) is 18.5. The minimum atomic E-state index is 0.0930. The van der Waals surface area contributed by atoms with Crippen LogP contribution in [0.5, 0.6) is 0 Å². The molecule has 2 aliphatic heterocycles. The maximum atomic E-state index is 5.15. The average molecular weight is 505 g/mol. The Morgan fingerprint density at radius 2 is 1.79 bits per heavy atom. The molecule has 0 aliphatic carbocycles. The molecule has 8 heteroatoms. The average Bonchev–Trinajstić information content (AvgIpc) is 3.68. The van der Waals surface area contributed by atoms with Gasteiger partial charge in [0.1, 0.15) is 12.1 Å². The standard InChI is InChI=1S/C30H32N8/c1-19(2)36-16-24-14-23(36)17-37(24)30-35-27(15-29-32-18-33-38(29)30)22-11-12-31-28(13-22)34-20(3)25-10-6-8-21-7-4-5-9-26(21)25/h4-13,15,18-20,23-24H,14,16-17H2,1-3H3,(H,31,34)/t20-,23-,24-/m0/s1. The zero-order valence-corrected chi connectivity index (χ0v) is 22.0. The highest BCUT2D eigenvalue weighted by atomic mass is 15.5. The van der Waals surface area contributed by atoms with E-state index in [1.807, 2.05) is 22.8 Å². The highest BCUT2D eigenvalue weighted by Crippen LogP contribution is 2.36. The van der Waals surface area contributed by atoms with Crippen LogP contribution in [0.4, 0.5) is 11.8 Å². The molecule has 0 spiro atoms. The van der Waals surface area contributed by atoms with E-state index >= 15 is 0 Å². The second-order valence-electron chi connectivity index (χ2n) is 10.8. The first kappa shape index (κ1) is 23.1. The van der Waals surface area contributed by atoms with Crippen LogP contribution in [0.15, 0.2) is 73.2 Å². The van der Waals surface area contributed by atoms with E-state index in [4.69, 9.17) is 4.98 Å². The van der Waals surface area contributed by atoms with Crippen LogP contribution in [0.2, 0.25) is 0 Å². The Morgan fingerprint density at radius 3 is 2.63 bits per heavy atom. The van der Waals surface area contributed by atoms with E-state index in [0.717, 1.165) is 41.8 Å². The number of hydrogen-bond acceptors (Lipinski definition) is 7. The van der Waals surface area contributed by atoms with Gasteiger partial charge in [-0.25, -0.2) is 15.0 Å². The lowest BCUT2D eigenvalue weighted by Crippen LogP contribution is -2.49. The smallest absolute Gasteiger partial charge is 0.229 e. The molecule has 7 rings (SSSR count). The fourth-order valence-electron chi connectivity index (χ4n) is 6.32. The molecular weight excluding hydrogens is 472 g/mol. The van der Waals surface area contributed by atoms with Crippen molar-refractivity contribution in [2.45, 2.75) is 51.4 Å².